The topological polar surface area (TPSA) is 46.5 Å². The van der Waals surface area contributed by atoms with Gasteiger partial charge in [0, 0.05) is 11.1 Å². The number of ether oxygens (including phenoxy) is 1. The highest BCUT2D eigenvalue weighted by molar-refractivity contribution is 5.89. The number of hydrogen-bond acceptors (Lipinski definition) is 2. The number of carboxylic acid groups (broad SMARTS) is 1. The minimum atomic E-state index is -0.888. The molecule has 92 valence electrons. The van der Waals surface area contributed by atoms with Gasteiger partial charge in [-0.1, -0.05) is 20.8 Å². The molecule has 1 N–H and O–H groups in total. The number of carbonyl (C=O) groups is 1. The highest BCUT2D eigenvalue weighted by Gasteiger charge is 2.41. The molecule has 0 fully saturated rings. The maximum Gasteiger partial charge on any atom is 0.335 e. The predicted molar refractivity (Wildman–Crippen MR) is 65.8 cm³/mol. The molecule has 2 rings (SSSR count). The zero-order valence-electron chi connectivity index (χ0n) is 10.9. The number of aromatic carboxylic acids is 1. The van der Waals surface area contributed by atoms with Crippen LogP contribution in [-0.4, -0.2) is 11.1 Å². The van der Waals surface area contributed by atoms with Gasteiger partial charge < -0.3 is 9.84 Å². The predicted octanol–water partition coefficient (Wildman–Crippen LogP) is 3.31. The standard InChI is InChI=1S/C14H18O3/c1-13(2,3)9-6-8(12(15)16)7-10-11(9)17-14(10,4)5/h6-7H,1-5H3,(H,15,16). The molecule has 0 radical (unpaired) electrons. The molecular formula is C14H18O3. The van der Waals surface area contributed by atoms with Gasteiger partial charge in [-0.05, 0) is 31.4 Å². The van der Waals surface area contributed by atoms with Gasteiger partial charge in [0.15, 0.2) is 0 Å². The molecule has 1 aromatic rings. The monoisotopic (exact) mass is 234 g/mol. The van der Waals surface area contributed by atoms with Crippen LogP contribution in [-0.2, 0) is 11.0 Å². The van der Waals surface area contributed by atoms with Gasteiger partial charge in [-0.2, -0.15) is 0 Å². The summed E-state index contributed by atoms with van der Waals surface area (Å²) >= 11 is 0. The van der Waals surface area contributed by atoms with Crippen molar-refractivity contribution in [2.45, 2.75) is 45.6 Å². The second-order valence-corrected chi connectivity index (χ2v) is 6.07. The highest BCUT2D eigenvalue weighted by atomic mass is 16.5. The Morgan fingerprint density at radius 2 is 1.88 bits per heavy atom. The van der Waals surface area contributed by atoms with E-state index in [1.165, 1.54) is 0 Å². The second-order valence-electron chi connectivity index (χ2n) is 6.07. The summed E-state index contributed by atoms with van der Waals surface area (Å²) in [6.07, 6.45) is 0. The van der Waals surface area contributed by atoms with Crippen LogP contribution in [0.1, 0.15) is 56.1 Å². The van der Waals surface area contributed by atoms with Crippen LogP contribution < -0.4 is 4.74 Å². The van der Waals surface area contributed by atoms with Gasteiger partial charge in [0.05, 0.1) is 5.56 Å². The Morgan fingerprint density at radius 1 is 1.29 bits per heavy atom. The molecule has 1 aliphatic heterocycles. The molecule has 0 unspecified atom stereocenters. The molecule has 0 aliphatic carbocycles. The van der Waals surface area contributed by atoms with E-state index in [-0.39, 0.29) is 11.0 Å². The van der Waals surface area contributed by atoms with E-state index in [9.17, 15) is 4.79 Å². The molecule has 17 heavy (non-hydrogen) atoms. The van der Waals surface area contributed by atoms with E-state index < -0.39 is 5.97 Å². The molecule has 0 spiro atoms. The van der Waals surface area contributed by atoms with Crippen LogP contribution in [0.5, 0.6) is 5.75 Å². The average Bonchev–Trinajstić information content (AvgIpc) is 2.14. The van der Waals surface area contributed by atoms with Crippen LogP contribution in [0.25, 0.3) is 0 Å². The van der Waals surface area contributed by atoms with Crippen molar-refractivity contribution in [1.29, 1.82) is 0 Å². The summed E-state index contributed by atoms with van der Waals surface area (Å²) in [5, 5.41) is 9.14. The van der Waals surface area contributed by atoms with Crippen LogP contribution in [0.4, 0.5) is 0 Å². The Labute approximate surface area is 101 Å². The lowest BCUT2D eigenvalue weighted by Gasteiger charge is -2.42. The van der Waals surface area contributed by atoms with Gasteiger partial charge in [0.2, 0.25) is 0 Å². The lowest BCUT2D eigenvalue weighted by molar-refractivity contribution is 0.0479. The van der Waals surface area contributed by atoms with E-state index in [1.54, 1.807) is 12.1 Å². The first-order chi connectivity index (χ1) is 7.63. The lowest BCUT2D eigenvalue weighted by atomic mass is 9.79. The fraction of sp³-hybridized carbons (Fsp3) is 0.500. The normalized spacial score (nSPS) is 16.8. The Morgan fingerprint density at radius 3 is 2.29 bits per heavy atom. The minimum Gasteiger partial charge on any atom is -0.482 e. The van der Waals surface area contributed by atoms with Crippen LogP contribution in [0.2, 0.25) is 0 Å². The highest BCUT2D eigenvalue weighted by Crippen LogP contribution is 2.49. The fourth-order valence-electron chi connectivity index (χ4n) is 2.13. The first-order valence-electron chi connectivity index (χ1n) is 5.74. The number of benzene rings is 1. The molecule has 1 aromatic carbocycles. The first kappa shape index (κ1) is 12.0. The number of hydrogen-bond donors (Lipinski definition) is 1. The van der Waals surface area contributed by atoms with E-state index in [0.29, 0.717) is 5.56 Å². The number of fused-ring (bicyclic) bond motifs is 1. The van der Waals surface area contributed by atoms with Crippen molar-refractivity contribution < 1.29 is 14.6 Å². The molecule has 0 amide bonds. The van der Waals surface area contributed by atoms with Crippen molar-refractivity contribution >= 4 is 5.97 Å². The van der Waals surface area contributed by atoms with Gasteiger partial charge >= 0.3 is 5.97 Å². The van der Waals surface area contributed by atoms with E-state index in [1.807, 2.05) is 13.8 Å². The molecule has 0 aromatic heterocycles. The van der Waals surface area contributed by atoms with Crippen LogP contribution in [0.15, 0.2) is 12.1 Å². The first-order valence-corrected chi connectivity index (χ1v) is 5.74. The van der Waals surface area contributed by atoms with E-state index >= 15 is 0 Å². The molecule has 0 saturated carbocycles. The van der Waals surface area contributed by atoms with E-state index in [2.05, 4.69) is 20.8 Å². The quantitative estimate of drug-likeness (QED) is 0.810. The summed E-state index contributed by atoms with van der Waals surface area (Å²) in [5.41, 5.74) is 1.80. The van der Waals surface area contributed by atoms with Crippen molar-refractivity contribution in [2.24, 2.45) is 0 Å². The van der Waals surface area contributed by atoms with Gasteiger partial charge in [0.1, 0.15) is 11.4 Å². The molecule has 3 nitrogen and oxygen atoms in total. The Balaban J connectivity index is 2.66. The largest absolute Gasteiger partial charge is 0.482 e. The minimum absolute atomic E-state index is 0.119. The van der Waals surface area contributed by atoms with Crippen LogP contribution in [0.3, 0.4) is 0 Å². The van der Waals surface area contributed by atoms with Crippen molar-refractivity contribution in [2.75, 3.05) is 0 Å². The van der Waals surface area contributed by atoms with E-state index in [0.717, 1.165) is 16.9 Å². The van der Waals surface area contributed by atoms with Gasteiger partial charge in [-0.25, -0.2) is 4.79 Å². The lowest BCUT2D eigenvalue weighted by Crippen LogP contribution is -2.37. The van der Waals surface area contributed by atoms with Crippen LogP contribution >= 0.6 is 0 Å². The molecule has 1 heterocycles. The zero-order chi connectivity index (χ0) is 13.0. The third-order valence-corrected chi connectivity index (χ3v) is 3.15. The van der Waals surface area contributed by atoms with Crippen LogP contribution in [0, 0.1) is 0 Å². The number of rotatable bonds is 1. The zero-order valence-corrected chi connectivity index (χ0v) is 10.9. The summed E-state index contributed by atoms with van der Waals surface area (Å²) in [7, 11) is 0. The van der Waals surface area contributed by atoms with Crippen molar-refractivity contribution in [3.63, 3.8) is 0 Å². The smallest absolute Gasteiger partial charge is 0.335 e. The van der Waals surface area contributed by atoms with E-state index in [4.69, 9.17) is 9.84 Å². The maximum atomic E-state index is 11.1. The average molecular weight is 234 g/mol. The third kappa shape index (κ3) is 1.79. The van der Waals surface area contributed by atoms with Crippen molar-refractivity contribution in [3.8, 4) is 5.75 Å². The summed E-state index contributed by atoms with van der Waals surface area (Å²) in [6, 6.07) is 3.44. The van der Waals surface area contributed by atoms with Crippen molar-refractivity contribution in [3.05, 3.63) is 28.8 Å². The Hall–Kier alpha value is -1.51. The van der Waals surface area contributed by atoms with Gasteiger partial charge in [-0.15, -0.1) is 0 Å². The summed E-state index contributed by atoms with van der Waals surface area (Å²) in [5.74, 6) is -0.0338. The van der Waals surface area contributed by atoms with Crippen molar-refractivity contribution in [1.82, 2.24) is 0 Å². The summed E-state index contributed by atoms with van der Waals surface area (Å²) in [4.78, 5) is 11.1. The Bertz CT molecular complexity index is 493. The molecule has 0 atom stereocenters. The molecular weight excluding hydrogens is 216 g/mol. The second kappa shape index (κ2) is 3.25. The molecule has 3 heteroatoms. The summed E-state index contributed by atoms with van der Waals surface area (Å²) in [6.45, 7) is 10.1. The van der Waals surface area contributed by atoms with Gasteiger partial charge in [0.25, 0.3) is 0 Å². The maximum absolute atomic E-state index is 11.1. The fourth-order valence-corrected chi connectivity index (χ4v) is 2.13. The molecule has 0 saturated heterocycles. The molecule has 0 bridgehead atoms. The Kier molecular flexibility index (Phi) is 2.29. The number of carboxylic acids is 1. The van der Waals surface area contributed by atoms with Gasteiger partial charge in [-0.3, -0.25) is 0 Å². The molecule has 1 aliphatic rings. The SMILES string of the molecule is CC(C)(C)c1cc(C(=O)O)cc2c1OC2(C)C. The third-order valence-electron chi connectivity index (χ3n) is 3.15. The summed E-state index contributed by atoms with van der Waals surface area (Å²) < 4.78 is 5.77.